The van der Waals surface area contributed by atoms with E-state index in [1.54, 1.807) is 4.90 Å². The summed E-state index contributed by atoms with van der Waals surface area (Å²) >= 11 is 0. The number of amides is 1. The van der Waals surface area contributed by atoms with Crippen molar-refractivity contribution in [3.63, 3.8) is 0 Å². The molecule has 2 fully saturated rings. The summed E-state index contributed by atoms with van der Waals surface area (Å²) in [7, 11) is 0. The fourth-order valence-electron chi connectivity index (χ4n) is 3.18. The van der Waals surface area contributed by atoms with E-state index in [0.29, 0.717) is 6.54 Å². The number of hydrogen-bond acceptors (Lipinski definition) is 2. The molecule has 0 bridgehead atoms. The van der Waals surface area contributed by atoms with Crippen molar-refractivity contribution >= 4 is 5.91 Å². The Morgan fingerprint density at radius 1 is 1.16 bits per heavy atom. The maximum absolute atomic E-state index is 13.1. The summed E-state index contributed by atoms with van der Waals surface area (Å²) in [5, 5.41) is 9.40. The molecular weight excluding hydrogens is 252 g/mol. The highest BCUT2D eigenvalue weighted by Gasteiger charge is 2.39. The van der Waals surface area contributed by atoms with Gasteiger partial charge < -0.3 is 10.0 Å². The van der Waals surface area contributed by atoms with Gasteiger partial charge in [0.15, 0.2) is 0 Å². The maximum Gasteiger partial charge on any atom is 0.248 e. The zero-order valence-corrected chi connectivity index (χ0v) is 11.3. The first-order valence-electron chi connectivity index (χ1n) is 7.33. The lowest BCUT2D eigenvalue weighted by molar-refractivity contribution is -0.142. The third-order valence-corrected chi connectivity index (χ3v) is 4.44. The van der Waals surface area contributed by atoms with Gasteiger partial charge in [-0.15, -0.1) is 0 Å². The van der Waals surface area contributed by atoms with E-state index in [0.717, 1.165) is 25.7 Å². The molecule has 0 aromatic carbocycles. The molecule has 0 aromatic rings. The standard InChI is InChI=1S/C14H23F2NO2/c15-14(16)7-5-11(6-8-14)13(19)17-9-3-1-2-4-12(17)10-18/h11-12,18H,1-10H2. The second-order valence-corrected chi connectivity index (χ2v) is 5.85. The molecule has 110 valence electrons. The van der Waals surface area contributed by atoms with Crippen LogP contribution in [0.5, 0.6) is 0 Å². The lowest BCUT2D eigenvalue weighted by atomic mass is 9.85. The third kappa shape index (κ3) is 3.65. The Hall–Kier alpha value is -0.710. The van der Waals surface area contributed by atoms with Crippen LogP contribution in [-0.4, -0.2) is 41.0 Å². The molecule has 1 heterocycles. The van der Waals surface area contributed by atoms with Crippen molar-refractivity contribution in [2.45, 2.75) is 63.3 Å². The quantitative estimate of drug-likeness (QED) is 0.841. The number of carbonyl (C=O) groups excluding carboxylic acids is 1. The summed E-state index contributed by atoms with van der Waals surface area (Å²) < 4.78 is 26.3. The number of hydrogen-bond donors (Lipinski definition) is 1. The molecule has 0 radical (unpaired) electrons. The highest BCUT2D eigenvalue weighted by molar-refractivity contribution is 5.79. The molecule has 0 spiro atoms. The van der Waals surface area contributed by atoms with Crippen molar-refractivity contribution in [2.75, 3.05) is 13.2 Å². The fraction of sp³-hybridized carbons (Fsp3) is 0.929. The van der Waals surface area contributed by atoms with Crippen molar-refractivity contribution in [1.29, 1.82) is 0 Å². The molecule has 1 atom stereocenters. The smallest absolute Gasteiger partial charge is 0.248 e. The number of halogens is 2. The molecule has 5 heteroatoms. The fourth-order valence-corrected chi connectivity index (χ4v) is 3.18. The second-order valence-electron chi connectivity index (χ2n) is 5.85. The van der Waals surface area contributed by atoms with Crippen LogP contribution in [0.15, 0.2) is 0 Å². The van der Waals surface area contributed by atoms with Crippen LogP contribution in [0.2, 0.25) is 0 Å². The van der Waals surface area contributed by atoms with Crippen LogP contribution in [0.1, 0.15) is 51.4 Å². The molecule has 3 nitrogen and oxygen atoms in total. The van der Waals surface area contributed by atoms with Crippen LogP contribution in [0.4, 0.5) is 8.78 Å². The Morgan fingerprint density at radius 3 is 2.47 bits per heavy atom. The SMILES string of the molecule is O=C(C1CCC(F)(F)CC1)N1CCCCCC1CO. The monoisotopic (exact) mass is 275 g/mol. The minimum Gasteiger partial charge on any atom is -0.394 e. The first kappa shape index (κ1) is 14.7. The lowest BCUT2D eigenvalue weighted by Gasteiger charge is -2.35. The number of nitrogens with zero attached hydrogens (tertiary/aromatic N) is 1. The summed E-state index contributed by atoms with van der Waals surface area (Å²) in [6.07, 6.45) is 4.07. The zero-order valence-electron chi connectivity index (χ0n) is 11.3. The number of carbonyl (C=O) groups is 1. The predicted molar refractivity (Wildman–Crippen MR) is 68.0 cm³/mol. The Morgan fingerprint density at radius 2 is 1.84 bits per heavy atom. The van der Waals surface area contributed by atoms with E-state index in [2.05, 4.69) is 0 Å². The highest BCUT2D eigenvalue weighted by atomic mass is 19.3. The Labute approximate surface area is 113 Å². The number of rotatable bonds is 2. The number of likely N-dealkylation sites (tertiary alicyclic amines) is 1. The second kappa shape index (κ2) is 6.16. The van der Waals surface area contributed by atoms with Crippen LogP contribution < -0.4 is 0 Å². The molecule has 1 saturated heterocycles. The van der Waals surface area contributed by atoms with Gasteiger partial charge in [-0.2, -0.15) is 0 Å². The largest absolute Gasteiger partial charge is 0.394 e. The van der Waals surface area contributed by atoms with Gasteiger partial charge in [0.2, 0.25) is 11.8 Å². The normalized spacial score (nSPS) is 29.0. The van der Waals surface area contributed by atoms with Gasteiger partial charge in [-0.05, 0) is 25.7 Å². The molecule has 1 saturated carbocycles. The van der Waals surface area contributed by atoms with Gasteiger partial charge in [-0.3, -0.25) is 4.79 Å². The van der Waals surface area contributed by atoms with Crippen LogP contribution in [0.3, 0.4) is 0 Å². The average Bonchev–Trinajstić information content (AvgIpc) is 2.62. The first-order chi connectivity index (χ1) is 9.03. The first-order valence-corrected chi connectivity index (χ1v) is 7.33. The molecule has 1 aliphatic heterocycles. The van der Waals surface area contributed by atoms with E-state index in [-0.39, 0.29) is 50.2 Å². The van der Waals surface area contributed by atoms with Gasteiger partial charge in [-0.25, -0.2) is 8.78 Å². The molecule has 0 aromatic heterocycles. The summed E-state index contributed by atoms with van der Waals surface area (Å²) in [6.45, 7) is 0.644. The van der Waals surface area contributed by atoms with Crippen molar-refractivity contribution < 1.29 is 18.7 Å². The highest BCUT2D eigenvalue weighted by Crippen LogP contribution is 2.37. The molecule has 1 unspecified atom stereocenters. The minimum absolute atomic E-state index is 0.0172. The third-order valence-electron chi connectivity index (χ3n) is 4.44. The predicted octanol–water partition coefficient (Wildman–Crippen LogP) is 2.58. The molecule has 1 aliphatic carbocycles. The Kier molecular flexibility index (Phi) is 4.76. The molecule has 1 N–H and O–H groups in total. The van der Waals surface area contributed by atoms with Gasteiger partial charge in [-0.1, -0.05) is 12.8 Å². The Balaban J connectivity index is 1.97. The van der Waals surface area contributed by atoms with Gasteiger partial charge in [0.1, 0.15) is 0 Å². The Bertz CT molecular complexity index is 313. The van der Waals surface area contributed by atoms with E-state index < -0.39 is 5.92 Å². The summed E-state index contributed by atoms with van der Waals surface area (Å²) in [5.74, 6) is -2.88. The lowest BCUT2D eigenvalue weighted by Crippen LogP contribution is -2.46. The summed E-state index contributed by atoms with van der Waals surface area (Å²) in [6, 6.07) is -0.113. The van der Waals surface area contributed by atoms with Gasteiger partial charge >= 0.3 is 0 Å². The van der Waals surface area contributed by atoms with Gasteiger partial charge in [0.05, 0.1) is 12.6 Å². The summed E-state index contributed by atoms with van der Waals surface area (Å²) in [4.78, 5) is 14.2. The minimum atomic E-state index is -2.59. The molecule has 19 heavy (non-hydrogen) atoms. The van der Waals surface area contributed by atoms with Crippen molar-refractivity contribution in [2.24, 2.45) is 5.92 Å². The summed E-state index contributed by atoms with van der Waals surface area (Å²) in [5.41, 5.74) is 0. The zero-order chi connectivity index (χ0) is 13.9. The van der Waals surface area contributed by atoms with Crippen LogP contribution in [-0.2, 0) is 4.79 Å². The van der Waals surface area contributed by atoms with E-state index in [1.807, 2.05) is 0 Å². The van der Waals surface area contributed by atoms with Crippen LogP contribution in [0.25, 0.3) is 0 Å². The van der Waals surface area contributed by atoms with Crippen molar-refractivity contribution in [3.05, 3.63) is 0 Å². The number of alkyl halides is 2. The van der Waals surface area contributed by atoms with Gasteiger partial charge in [0, 0.05) is 25.3 Å². The van der Waals surface area contributed by atoms with Crippen LogP contribution in [0, 0.1) is 5.92 Å². The molecule has 2 aliphatic rings. The topological polar surface area (TPSA) is 40.5 Å². The number of aliphatic hydroxyl groups excluding tert-OH is 1. The maximum atomic E-state index is 13.1. The average molecular weight is 275 g/mol. The molecular formula is C14H23F2NO2. The molecule has 1 amide bonds. The van der Waals surface area contributed by atoms with E-state index in [9.17, 15) is 18.7 Å². The molecule has 2 rings (SSSR count). The van der Waals surface area contributed by atoms with Crippen molar-refractivity contribution in [1.82, 2.24) is 4.90 Å². The van der Waals surface area contributed by atoms with Crippen molar-refractivity contribution in [3.8, 4) is 0 Å². The van der Waals surface area contributed by atoms with E-state index in [1.165, 1.54) is 0 Å². The van der Waals surface area contributed by atoms with Crippen LogP contribution >= 0.6 is 0 Å². The van der Waals surface area contributed by atoms with Gasteiger partial charge in [0.25, 0.3) is 0 Å². The van der Waals surface area contributed by atoms with E-state index >= 15 is 0 Å². The van der Waals surface area contributed by atoms with E-state index in [4.69, 9.17) is 0 Å². The number of aliphatic hydroxyl groups is 1.